The quantitative estimate of drug-likeness (QED) is 0.779. The molecule has 0 fully saturated rings. The number of Topliss-reactive ketones (excluding diaryl/α,β-unsaturated/α-hetero) is 1. The molecule has 0 spiro atoms. The zero-order chi connectivity index (χ0) is 14.2. The van der Waals surface area contributed by atoms with Crippen molar-refractivity contribution in [2.24, 2.45) is 0 Å². The minimum Gasteiger partial charge on any atom is -0.407 e. The summed E-state index contributed by atoms with van der Waals surface area (Å²) in [5.41, 5.74) is 2.96. The van der Waals surface area contributed by atoms with Crippen molar-refractivity contribution >= 4 is 14.8 Å². The van der Waals surface area contributed by atoms with Crippen molar-refractivity contribution in [3.63, 3.8) is 0 Å². The van der Waals surface area contributed by atoms with Gasteiger partial charge in [0.25, 0.3) is 0 Å². The van der Waals surface area contributed by atoms with Gasteiger partial charge in [-0.05, 0) is 37.6 Å². The lowest BCUT2D eigenvalue weighted by Gasteiger charge is -2.26. The largest absolute Gasteiger partial charge is 0.407 e. The van der Waals surface area contributed by atoms with Gasteiger partial charge in [0.05, 0.1) is 0 Å². The van der Waals surface area contributed by atoms with Gasteiger partial charge in [0.2, 0.25) is 9.04 Å². The SMILES string of the molecule is C[Si](C)OC1CCc2cc(C(C)(C)C)ncc2C1=O. The molecule has 0 saturated carbocycles. The van der Waals surface area contributed by atoms with Crippen LogP contribution in [0.3, 0.4) is 0 Å². The molecule has 1 atom stereocenters. The second-order valence-corrected chi connectivity index (χ2v) is 8.45. The maximum atomic E-state index is 12.4. The summed E-state index contributed by atoms with van der Waals surface area (Å²) in [7, 11) is -0.840. The van der Waals surface area contributed by atoms with Gasteiger partial charge >= 0.3 is 0 Å². The van der Waals surface area contributed by atoms with Gasteiger partial charge in [-0.15, -0.1) is 0 Å². The van der Waals surface area contributed by atoms with Crippen LogP contribution < -0.4 is 0 Å². The number of carbonyl (C=O) groups is 1. The molecule has 1 aromatic rings. The van der Waals surface area contributed by atoms with Crippen LogP contribution in [0.2, 0.25) is 13.1 Å². The summed E-state index contributed by atoms with van der Waals surface area (Å²) in [6.45, 7) is 10.5. The fourth-order valence-electron chi connectivity index (χ4n) is 2.32. The van der Waals surface area contributed by atoms with Crippen LogP contribution in [0.15, 0.2) is 12.3 Å². The number of carbonyl (C=O) groups excluding carboxylic acids is 1. The van der Waals surface area contributed by atoms with Crippen LogP contribution in [-0.4, -0.2) is 25.9 Å². The number of rotatable bonds is 2. The molecule has 0 saturated heterocycles. The van der Waals surface area contributed by atoms with Crippen LogP contribution in [0.5, 0.6) is 0 Å². The van der Waals surface area contributed by atoms with Gasteiger partial charge in [-0.3, -0.25) is 9.78 Å². The second-order valence-electron chi connectivity index (χ2n) is 6.39. The Balaban J connectivity index is 2.29. The standard InChI is InChI=1S/C15H22NO2Si/c1-15(2,3)13-8-10-6-7-12(18-19(4)5)14(17)11(10)9-16-13/h8-9,12H,6-7H2,1-5H3. The van der Waals surface area contributed by atoms with E-state index in [-0.39, 0.29) is 17.3 Å². The number of ketones is 1. The number of pyridine rings is 1. The lowest BCUT2D eigenvalue weighted by Crippen LogP contribution is -2.34. The molecule has 0 aliphatic heterocycles. The fraction of sp³-hybridized carbons (Fsp3) is 0.600. The van der Waals surface area contributed by atoms with E-state index in [1.165, 1.54) is 0 Å². The summed E-state index contributed by atoms with van der Waals surface area (Å²) >= 11 is 0. The lowest BCUT2D eigenvalue weighted by molar-refractivity contribution is 0.0760. The van der Waals surface area contributed by atoms with Gasteiger partial charge in [0.1, 0.15) is 6.10 Å². The van der Waals surface area contributed by atoms with Crippen molar-refractivity contribution in [2.75, 3.05) is 0 Å². The fourth-order valence-corrected chi connectivity index (χ4v) is 3.12. The average Bonchev–Trinajstić information content (AvgIpc) is 2.31. The van der Waals surface area contributed by atoms with Crippen LogP contribution in [0.4, 0.5) is 0 Å². The number of hydrogen-bond acceptors (Lipinski definition) is 3. The van der Waals surface area contributed by atoms with Crippen LogP contribution in [0.1, 0.15) is 48.8 Å². The van der Waals surface area contributed by atoms with Crippen LogP contribution in [-0.2, 0) is 16.3 Å². The molecule has 0 amide bonds. The van der Waals surface area contributed by atoms with E-state index in [4.69, 9.17) is 4.43 Å². The molecule has 1 aliphatic carbocycles. The number of aryl methyl sites for hydroxylation is 1. The van der Waals surface area contributed by atoms with Crippen molar-refractivity contribution < 1.29 is 9.22 Å². The lowest BCUT2D eigenvalue weighted by atomic mass is 9.85. The Hall–Kier alpha value is -1.00. The molecule has 1 radical (unpaired) electrons. The van der Waals surface area contributed by atoms with Crippen molar-refractivity contribution in [3.8, 4) is 0 Å². The van der Waals surface area contributed by atoms with E-state index in [0.29, 0.717) is 0 Å². The predicted molar refractivity (Wildman–Crippen MR) is 77.9 cm³/mol. The Morgan fingerprint density at radius 1 is 1.37 bits per heavy atom. The maximum Gasteiger partial charge on any atom is 0.206 e. The molecule has 103 valence electrons. The average molecular weight is 276 g/mol. The summed E-state index contributed by atoms with van der Waals surface area (Å²) in [6, 6.07) is 2.09. The second kappa shape index (κ2) is 5.17. The molecule has 19 heavy (non-hydrogen) atoms. The highest BCUT2D eigenvalue weighted by molar-refractivity contribution is 6.48. The van der Waals surface area contributed by atoms with Gasteiger partial charge in [0.15, 0.2) is 5.78 Å². The molecular weight excluding hydrogens is 254 g/mol. The molecule has 0 N–H and O–H groups in total. The van der Waals surface area contributed by atoms with Crippen LogP contribution >= 0.6 is 0 Å². The van der Waals surface area contributed by atoms with Crippen LogP contribution in [0, 0.1) is 0 Å². The molecule has 1 aliphatic rings. The zero-order valence-electron chi connectivity index (χ0n) is 12.4. The summed E-state index contributed by atoms with van der Waals surface area (Å²) in [5, 5.41) is 0. The van der Waals surface area contributed by atoms with Gasteiger partial charge in [-0.1, -0.05) is 20.8 Å². The molecule has 3 nitrogen and oxygen atoms in total. The first-order valence-electron chi connectivity index (χ1n) is 6.79. The van der Waals surface area contributed by atoms with Crippen LogP contribution in [0.25, 0.3) is 0 Å². The minimum atomic E-state index is -0.840. The van der Waals surface area contributed by atoms with E-state index in [9.17, 15) is 4.79 Å². The summed E-state index contributed by atoms with van der Waals surface area (Å²) in [5.74, 6) is 0.111. The smallest absolute Gasteiger partial charge is 0.206 e. The molecule has 1 heterocycles. The highest BCUT2D eigenvalue weighted by Gasteiger charge is 2.30. The van der Waals surface area contributed by atoms with E-state index in [0.717, 1.165) is 29.7 Å². The molecule has 2 rings (SSSR count). The summed E-state index contributed by atoms with van der Waals surface area (Å²) in [4.78, 5) is 16.8. The van der Waals surface area contributed by atoms with E-state index >= 15 is 0 Å². The topological polar surface area (TPSA) is 39.2 Å². The molecule has 0 bridgehead atoms. The van der Waals surface area contributed by atoms with Gasteiger partial charge in [-0.2, -0.15) is 0 Å². The van der Waals surface area contributed by atoms with E-state index in [1.807, 2.05) is 0 Å². The summed E-state index contributed by atoms with van der Waals surface area (Å²) < 4.78 is 5.78. The predicted octanol–water partition coefficient (Wildman–Crippen LogP) is 3.14. The Kier molecular flexibility index (Phi) is 3.92. The Labute approximate surface area is 117 Å². The van der Waals surface area contributed by atoms with E-state index in [2.05, 4.69) is 44.9 Å². The third-order valence-corrected chi connectivity index (χ3v) is 4.13. The van der Waals surface area contributed by atoms with Gasteiger partial charge < -0.3 is 4.43 Å². The van der Waals surface area contributed by atoms with Gasteiger partial charge in [0, 0.05) is 22.9 Å². The third-order valence-electron chi connectivity index (χ3n) is 3.37. The first-order valence-corrected chi connectivity index (χ1v) is 9.20. The number of nitrogens with zero attached hydrogens (tertiary/aromatic N) is 1. The maximum absolute atomic E-state index is 12.4. The normalized spacial score (nSPS) is 19.7. The van der Waals surface area contributed by atoms with Crippen molar-refractivity contribution in [1.29, 1.82) is 0 Å². The first-order chi connectivity index (χ1) is 8.79. The van der Waals surface area contributed by atoms with Crippen molar-refractivity contribution in [2.45, 2.75) is 58.2 Å². The third kappa shape index (κ3) is 3.12. The van der Waals surface area contributed by atoms with E-state index < -0.39 is 9.04 Å². The Bertz CT molecular complexity index is 491. The Morgan fingerprint density at radius 2 is 2.05 bits per heavy atom. The van der Waals surface area contributed by atoms with Gasteiger partial charge in [-0.25, -0.2) is 0 Å². The van der Waals surface area contributed by atoms with Crippen molar-refractivity contribution in [3.05, 3.63) is 29.1 Å². The molecular formula is C15H22NO2Si. The summed E-state index contributed by atoms with van der Waals surface area (Å²) in [6.07, 6.45) is 3.20. The Morgan fingerprint density at radius 3 is 2.63 bits per heavy atom. The van der Waals surface area contributed by atoms with Crippen molar-refractivity contribution in [1.82, 2.24) is 4.98 Å². The number of fused-ring (bicyclic) bond motifs is 1. The molecule has 1 aromatic heterocycles. The monoisotopic (exact) mass is 276 g/mol. The number of aromatic nitrogens is 1. The first kappa shape index (κ1) is 14.4. The minimum absolute atomic E-state index is 0.0223. The zero-order valence-corrected chi connectivity index (χ0v) is 13.4. The molecule has 4 heteroatoms. The number of hydrogen-bond donors (Lipinski definition) is 0. The highest BCUT2D eigenvalue weighted by Crippen LogP contribution is 2.27. The molecule has 1 unspecified atom stereocenters. The highest BCUT2D eigenvalue weighted by atomic mass is 28.3. The molecule has 0 aromatic carbocycles. The van der Waals surface area contributed by atoms with E-state index in [1.54, 1.807) is 6.20 Å².